The van der Waals surface area contributed by atoms with Crippen molar-refractivity contribution in [2.24, 2.45) is 5.73 Å². The zero-order valence-electron chi connectivity index (χ0n) is 17.5. The van der Waals surface area contributed by atoms with Crippen molar-refractivity contribution in [1.82, 2.24) is 15.1 Å². The molecule has 7 nitrogen and oxygen atoms in total. The second-order valence-electron chi connectivity index (χ2n) is 7.25. The molecule has 0 aliphatic carbocycles. The molecule has 0 saturated carbocycles. The number of hydrogen-bond donors (Lipinski definition) is 1. The first-order valence-corrected chi connectivity index (χ1v) is 9.68. The number of alkyl halides is 2. The van der Waals surface area contributed by atoms with Crippen LogP contribution in [0.4, 0.5) is 8.78 Å². The molecule has 1 atom stereocenters. The highest BCUT2D eigenvalue weighted by Gasteiger charge is 2.27. The first-order valence-electron chi connectivity index (χ1n) is 9.68. The maximum atomic E-state index is 13.2. The van der Waals surface area contributed by atoms with Crippen molar-refractivity contribution in [2.75, 3.05) is 7.05 Å². The molecule has 1 unspecified atom stereocenters. The van der Waals surface area contributed by atoms with E-state index in [0.717, 1.165) is 11.1 Å². The van der Waals surface area contributed by atoms with Crippen LogP contribution in [-0.4, -0.2) is 34.2 Å². The standard InChI is InChI=1S/C22H24F2N4O3/c1-14(29)28(3)19(11-15-7-9-16(13-25)10-8-15)21-27-26-20(30-21)17-5-4-6-18(12-17)31-22(2,23)24/h4-10,12,19H,11,13,25H2,1-3H3. The van der Waals surface area contributed by atoms with Crippen LogP contribution in [0.2, 0.25) is 0 Å². The number of amides is 1. The van der Waals surface area contributed by atoms with Gasteiger partial charge >= 0.3 is 6.11 Å². The number of ether oxygens (including phenoxy) is 1. The second-order valence-corrected chi connectivity index (χ2v) is 7.25. The number of aromatic nitrogens is 2. The van der Waals surface area contributed by atoms with Crippen molar-refractivity contribution >= 4 is 5.91 Å². The van der Waals surface area contributed by atoms with Crippen LogP contribution in [0.1, 0.15) is 36.9 Å². The van der Waals surface area contributed by atoms with Gasteiger partial charge in [-0.05, 0) is 29.3 Å². The van der Waals surface area contributed by atoms with E-state index in [1.54, 1.807) is 19.2 Å². The van der Waals surface area contributed by atoms with Crippen LogP contribution in [-0.2, 0) is 17.8 Å². The van der Waals surface area contributed by atoms with Crippen LogP contribution in [0.5, 0.6) is 5.75 Å². The summed E-state index contributed by atoms with van der Waals surface area (Å²) < 4.78 is 36.7. The lowest BCUT2D eigenvalue weighted by Gasteiger charge is -2.24. The smallest absolute Gasteiger partial charge is 0.394 e. The lowest BCUT2D eigenvalue weighted by Crippen LogP contribution is -2.30. The minimum atomic E-state index is -3.31. The van der Waals surface area contributed by atoms with Gasteiger partial charge in [0.1, 0.15) is 11.8 Å². The Balaban J connectivity index is 1.88. The van der Waals surface area contributed by atoms with Crippen molar-refractivity contribution < 1.29 is 22.7 Å². The Kier molecular flexibility index (Phi) is 6.65. The lowest BCUT2D eigenvalue weighted by atomic mass is 10.0. The molecule has 0 aliphatic heterocycles. The van der Waals surface area contributed by atoms with Crippen molar-refractivity contribution in [3.63, 3.8) is 0 Å². The predicted octanol–water partition coefficient (Wildman–Crippen LogP) is 3.95. The second kappa shape index (κ2) is 9.22. The van der Waals surface area contributed by atoms with Crippen molar-refractivity contribution in [2.45, 2.75) is 39.0 Å². The Bertz CT molecular complexity index is 1030. The fraction of sp³-hybridized carbons (Fsp3) is 0.318. The SMILES string of the molecule is CC(=O)N(C)C(Cc1ccc(CN)cc1)c1nnc(-c2cccc(OC(C)(F)F)c2)o1. The maximum absolute atomic E-state index is 13.2. The minimum Gasteiger partial charge on any atom is -0.433 e. The zero-order chi connectivity index (χ0) is 22.6. The number of halogens is 2. The van der Waals surface area contributed by atoms with Gasteiger partial charge in [0.05, 0.1) is 0 Å². The number of nitrogens with two attached hydrogens (primary N) is 1. The van der Waals surface area contributed by atoms with Gasteiger partial charge in [0.25, 0.3) is 0 Å². The van der Waals surface area contributed by atoms with Gasteiger partial charge in [-0.3, -0.25) is 4.79 Å². The average Bonchev–Trinajstić information content (AvgIpc) is 3.21. The van der Waals surface area contributed by atoms with E-state index in [4.69, 9.17) is 10.2 Å². The molecule has 3 rings (SSSR count). The molecular formula is C22H24F2N4O3. The molecule has 0 radical (unpaired) electrons. The quantitative estimate of drug-likeness (QED) is 0.582. The van der Waals surface area contributed by atoms with Crippen LogP contribution >= 0.6 is 0 Å². The summed E-state index contributed by atoms with van der Waals surface area (Å²) in [4.78, 5) is 13.6. The van der Waals surface area contributed by atoms with Gasteiger partial charge < -0.3 is 19.8 Å². The molecule has 9 heteroatoms. The number of rotatable bonds is 8. The van der Waals surface area contributed by atoms with E-state index in [0.29, 0.717) is 25.5 Å². The molecule has 0 saturated heterocycles. The topological polar surface area (TPSA) is 94.5 Å². The normalized spacial score (nSPS) is 12.5. The summed E-state index contributed by atoms with van der Waals surface area (Å²) in [6.45, 7) is 2.55. The van der Waals surface area contributed by atoms with Crippen molar-refractivity contribution in [3.8, 4) is 17.2 Å². The molecule has 3 aromatic rings. The molecular weight excluding hydrogens is 406 g/mol. The molecule has 1 heterocycles. The summed E-state index contributed by atoms with van der Waals surface area (Å²) >= 11 is 0. The Morgan fingerprint density at radius 3 is 2.48 bits per heavy atom. The summed E-state index contributed by atoms with van der Waals surface area (Å²) in [6.07, 6.45) is -2.86. The fourth-order valence-corrected chi connectivity index (χ4v) is 3.03. The Hall–Kier alpha value is -3.33. The van der Waals surface area contributed by atoms with E-state index in [1.807, 2.05) is 24.3 Å². The van der Waals surface area contributed by atoms with E-state index < -0.39 is 12.2 Å². The van der Waals surface area contributed by atoms with Crippen LogP contribution < -0.4 is 10.5 Å². The lowest BCUT2D eigenvalue weighted by molar-refractivity contribution is -0.158. The Morgan fingerprint density at radius 2 is 1.87 bits per heavy atom. The predicted molar refractivity (Wildman–Crippen MR) is 110 cm³/mol. The maximum Gasteiger partial charge on any atom is 0.394 e. The summed E-state index contributed by atoms with van der Waals surface area (Å²) in [5.74, 6) is 0.189. The molecule has 1 aromatic heterocycles. The number of carbonyl (C=O) groups excluding carboxylic acids is 1. The monoisotopic (exact) mass is 430 g/mol. The molecule has 0 spiro atoms. The van der Waals surface area contributed by atoms with Crippen LogP contribution in [0.15, 0.2) is 52.9 Å². The summed E-state index contributed by atoms with van der Waals surface area (Å²) in [5.41, 5.74) is 8.04. The number of hydrogen-bond acceptors (Lipinski definition) is 6. The third-order valence-electron chi connectivity index (χ3n) is 4.76. The van der Waals surface area contributed by atoms with E-state index in [-0.39, 0.29) is 23.4 Å². The van der Waals surface area contributed by atoms with Crippen LogP contribution in [0, 0.1) is 0 Å². The van der Waals surface area contributed by atoms with Gasteiger partial charge in [-0.15, -0.1) is 10.2 Å². The highest BCUT2D eigenvalue weighted by molar-refractivity contribution is 5.73. The number of likely N-dealkylation sites (N-methyl/N-ethyl adjacent to an activating group) is 1. The number of nitrogens with zero attached hydrogens (tertiary/aromatic N) is 3. The Morgan fingerprint density at radius 1 is 1.19 bits per heavy atom. The van der Waals surface area contributed by atoms with E-state index in [9.17, 15) is 13.6 Å². The van der Waals surface area contributed by atoms with Gasteiger partial charge in [-0.2, -0.15) is 8.78 Å². The first-order chi connectivity index (χ1) is 14.7. The third-order valence-corrected chi connectivity index (χ3v) is 4.76. The average molecular weight is 430 g/mol. The van der Waals surface area contributed by atoms with Crippen LogP contribution in [0.25, 0.3) is 11.5 Å². The summed E-state index contributed by atoms with van der Waals surface area (Å²) in [7, 11) is 1.66. The number of benzene rings is 2. The molecule has 31 heavy (non-hydrogen) atoms. The third kappa shape index (κ3) is 5.85. The molecule has 0 fully saturated rings. The molecule has 1 amide bonds. The largest absolute Gasteiger partial charge is 0.433 e. The van der Waals surface area contributed by atoms with E-state index in [2.05, 4.69) is 14.9 Å². The molecule has 0 aliphatic rings. The molecule has 164 valence electrons. The minimum absolute atomic E-state index is 0.0258. The van der Waals surface area contributed by atoms with Crippen molar-refractivity contribution in [3.05, 3.63) is 65.5 Å². The summed E-state index contributed by atoms with van der Waals surface area (Å²) in [5, 5.41) is 8.15. The van der Waals surface area contributed by atoms with Gasteiger partial charge in [0.15, 0.2) is 0 Å². The van der Waals surface area contributed by atoms with E-state index >= 15 is 0 Å². The van der Waals surface area contributed by atoms with Gasteiger partial charge in [-0.1, -0.05) is 30.3 Å². The van der Waals surface area contributed by atoms with Gasteiger partial charge in [-0.25, -0.2) is 0 Å². The van der Waals surface area contributed by atoms with Gasteiger partial charge in [0.2, 0.25) is 17.7 Å². The molecule has 2 aromatic carbocycles. The zero-order valence-corrected chi connectivity index (χ0v) is 17.5. The van der Waals surface area contributed by atoms with Crippen LogP contribution in [0.3, 0.4) is 0 Å². The highest BCUT2D eigenvalue weighted by Crippen LogP contribution is 2.29. The first kappa shape index (κ1) is 22.4. The van der Waals surface area contributed by atoms with E-state index in [1.165, 1.54) is 24.0 Å². The van der Waals surface area contributed by atoms with Gasteiger partial charge in [0, 0.05) is 39.4 Å². The Labute approximate surface area is 178 Å². The highest BCUT2D eigenvalue weighted by atomic mass is 19.3. The van der Waals surface area contributed by atoms with Crippen molar-refractivity contribution in [1.29, 1.82) is 0 Å². The molecule has 2 N–H and O–H groups in total. The summed E-state index contributed by atoms with van der Waals surface area (Å²) in [6, 6.07) is 13.2. The fourth-order valence-electron chi connectivity index (χ4n) is 3.03. The number of carbonyl (C=O) groups is 1. The molecule has 0 bridgehead atoms.